The molecule has 17 heavy (non-hydrogen) atoms. The predicted octanol–water partition coefficient (Wildman–Crippen LogP) is 2.08. The van der Waals surface area contributed by atoms with Crippen LogP contribution in [-0.4, -0.2) is 21.3 Å². The van der Waals surface area contributed by atoms with Crippen molar-refractivity contribution in [1.29, 1.82) is 0 Å². The van der Waals surface area contributed by atoms with Gasteiger partial charge in [0, 0.05) is 0 Å². The van der Waals surface area contributed by atoms with E-state index in [2.05, 4.69) is 27.5 Å². The standard InChI is InChI=1S/C13H16N4/c1-2-6-11(7-3-1)17-13(15-10-16-17)12-8-4-5-9-14-12/h1-3,6-7,10,12,14H,4-5,8-9H2/t12-/m1/s1. The first-order valence-electron chi connectivity index (χ1n) is 6.14. The van der Waals surface area contributed by atoms with Gasteiger partial charge in [-0.15, -0.1) is 0 Å². The molecule has 1 aromatic heterocycles. The summed E-state index contributed by atoms with van der Waals surface area (Å²) in [6.07, 6.45) is 5.30. The lowest BCUT2D eigenvalue weighted by molar-refractivity contribution is 0.392. The zero-order valence-electron chi connectivity index (χ0n) is 9.71. The summed E-state index contributed by atoms with van der Waals surface area (Å²) in [7, 11) is 0. The second-order valence-electron chi connectivity index (χ2n) is 4.37. The van der Waals surface area contributed by atoms with E-state index in [4.69, 9.17) is 0 Å². The Balaban J connectivity index is 1.93. The number of nitrogens with zero attached hydrogens (tertiary/aromatic N) is 3. The van der Waals surface area contributed by atoms with Gasteiger partial charge in [0.1, 0.15) is 12.2 Å². The van der Waals surface area contributed by atoms with Crippen LogP contribution in [0, 0.1) is 0 Å². The summed E-state index contributed by atoms with van der Waals surface area (Å²) in [5.41, 5.74) is 1.08. The van der Waals surface area contributed by atoms with Crippen LogP contribution in [0.4, 0.5) is 0 Å². The van der Waals surface area contributed by atoms with Gasteiger partial charge in [0.2, 0.25) is 0 Å². The maximum absolute atomic E-state index is 4.41. The van der Waals surface area contributed by atoms with Crippen molar-refractivity contribution < 1.29 is 0 Å². The third-order valence-corrected chi connectivity index (χ3v) is 3.20. The SMILES string of the molecule is c1ccc(-n2ncnc2[C@H]2CCCCN2)cc1. The van der Waals surface area contributed by atoms with Crippen molar-refractivity contribution in [2.45, 2.75) is 25.3 Å². The summed E-state index contributed by atoms with van der Waals surface area (Å²) < 4.78 is 1.93. The normalized spacial score (nSPS) is 20.4. The zero-order valence-corrected chi connectivity index (χ0v) is 9.71. The summed E-state index contributed by atoms with van der Waals surface area (Å²) in [6.45, 7) is 1.08. The van der Waals surface area contributed by atoms with E-state index >= 15 is 0 Å². The maximum atomic E-state index is 4.41. The number of aromatic nitrogens is 3. The molecule has 1 N–H and O–H groups in total. The van der Waals surface area contributed by atoms with E-state index in [1.54, 1.807) is 6.33 Å². The quantitative estimate of drug-likeness (QED) is 0.855. The number of hydrogen-bond acceptors (Lipinski definition) is 3. The van der Waals surface area contributed by atoms with Gasteiger partial charge in [-0.1, -0.05) is 24.6 Å². The fourth-order valence-electron chi connectivity index (χ4n) is 2.33. The van der Waals surface area contributed by atoms with Gasteiger partial charge in [-0.25, -0.2) is 9.67 Å². The van der Waals surface area contributed by atoms with Crippen LogP contribution < -0.4 is 5.32 Å². The molecule has 1 fully saturated rings. The first-order valence-corrected chi connectivity index (χ1v) is 6.14. The fourth-order valence-corrected chi connectivity index (χ4v) is 2.33. The summed E-state index contributed by atoms with van der Waals surface area (Å²) in [5, 5.41) is 7.84. The molecule has 88 valence electrons. The number of nitrogens with one attached hydrogen (secondary N) is 1. The molecule has 0 aliphatic carbocycles. The molecule has 1 saturated heterocycles. The second kappa shape index (κ2) is 4.67. The third kappa shape index (κ3) is 2.08. The van der Waals surface area contributed by atoms with E-state index in [0.717, 1.165) is 24.5 Å². The number of hydrogen-bond donors (Lipinski definition) is 1. The van der Waals surface area contributed by atoms with Crippen molar-refractivity contribution >= 4 is 0 Å². The third-order valence-electron chi connectivity index (χ3n) is 3.20. The van der Waals surface area contributed by atoms with Gasteiger partial charge in [-0.05, 0) is 31.5 Å². The monoisotopic (exact) mass is 228 g/mol. The van der Waals surface area contributed by atoms with E-state index in [0.29, 0.717) is 6.04 Å². The molecule has 1 aliphatic rings. The first-order chi connectivity index (χ1) is 8.45. The highest BCUT2D eigenvalue weighted by atomic mass is 15.3. The van der Waals surface area contributed by atoms with Gasteiger partial charge in [0.25, 0.3) is 0 Å². The minimum absolute atomic E-state index is 0.339. The molecule has 4 heteroatoms. The molecule has 0 unspecified atom stereocenters. The van der Waals surface area contributed by atoms with Gasteiger partial charge in [0.15, 0.2) is 0 Å². The first kappa shape index (κ1) is 10.5. The van der Waals surface area contributed by atoms with E-state index in [9.17, 15) is 0 Å². The van der Waals surface area contributed by atoms with Crippen LogP contribution >= 0.6 is 0 Å². The number of piperidine rings is 1. The lowest BCUT2D eigenvalue weighted by Gasteiger charge is -2.22. The van der Waals surface area contributed by atoms with Crippen LogP contribution in [0.3, 0.4) is 0 Å². The molecular weight excluding hydrogens is 212 g/mol. The summed E-state index contributed by atoms with van der Waals surface area (Å²) in [5.74, 6) is 1.02. The maximum Gasteiger partial charge on any atom is 0.149 e. The number of para-hydroxylation sites is 1. The molecule has 4 nitrogen and oxygen atoms in total. The Hall–Kier alpha value is -1.68. The smallest absolute Gasteiger partial charge is 0.149 e. The Bertz CT molecular complexity index is 471. The van der Waals surface area contributed by atoms with Crippen molar-refractivity contribution in [3.8, 4) is 5.69 Å². The molecule has 0 radical (unpaired) electrons. The molecule has 0 bridgehead atoms. The van der Waals surface area contributed by atoms with Gasteiger partial charge in [-0.3, -0.25) is 0 Å². The van der Waals surface area contributed by atoms with Crippen LogP contribution in [0.5, 0.6) is 0 Å². The van der Waals surface area contributed by atoms with Crippen molar-refractivity contribution in [2.24, 2.45) is 0 Å². The zero-order chi connectivity index (χ0) is 11.5. The Labute approximate surface area is 101 Å². The molecule has 1 atom stereocenters. The van der Waals surface area contributed by atoms with Crippen molar-refractivity contribution in [1.82, 2.24) is 20.1 Å². The van der Waals surface area contributed by atoms with Gasteiger partial charge >= 0.3 is 0 Å². The average molecular weight is 228 g/mol. The molecular formula is C13H16N4. The fraction of sp³-hybridized carbons (Fsp3) is 0.385. The Morgan fingerprint density at radius 3 is 2.82 bits per heavy atom. The number of benzene rings is 1. The van der Waals surface area contributed by atoms with E-state index in [-0.39, 0.29) is 0 Å². The Kier molecular flexibility index (Phi) is 2.88. The Morgan fingerprint density at radius 2 is 2.06 bits per heavy atom. The Morgan fingerprint density at radius 1 is 1.18 bits per heavy atom. The summed E-state index contributed by atoms with van der Waals surface area (Å²) in [4.78, 5) is 4.41. The van der Waals surface area contributed by atoms with Crippen LogP contribution in [0.15, 0.2) is 36.7 Å². The lowest BCUT2D eigenvalue weighted by Crippen LogP contribution is -2.29. The molecule has 1 aromatic carbocycles. The van der Waals surface area contributed by atoms with Crippen LogP contribution in [0.1, 0.15) is 31.1 Å². The van der Waals surface area contributed by atoms with Crippen LogP contribution in [0.25, 0.3) is 5.69 Å². The van der Waals surface area contributed by atoms with Crippen LogP contribution in [0.2, 0.25) is 0 Å². The topological polar surface area (TPSA) is 42.7 Å². The highest BCUT2D eigenvalue weighted by Crippen LogP contribution is 2.22. The van der Waals surface area contributed by atoms with Gasteiger partial charge in [0.05, 0.1) is 11.7 Å². The highest BCUT2D eigenvalue weighted by molar-refractivity contribution is 5.31. The minimum atomic E-state index is 0.339. The summed E-state index contributed by atoms with van der Waals surface area (Å²) in [6, 6.07) is 10.5. The van der Waals surface area contributed by atoms with Gasteiger partial charge in [-0.2, -0.15) is 5.10 Å². The predicted molar refractivity (Wildman–Crippen MR) is 66.0 cm³/mol. The summed E-state index contributed by atoms with van der Waals surface area (Å²) >= 11 is 0. The van der Waals surface area contributed by atoms with E-state index in [1.807, 2.05) is 22.9 Å². The largest absolute Gasteiger partial charge is 0.307 e. The lowest BCUT2D eigenvalue weighted by atomic mass is 10.0. The van der Waals surface area contributed by atoms with Gasteiger partial charge < -0.3 is 5.32 Å². The molecule has 1 aliphatic heterocycles. The van der Waals surface area contributed by atoms with E-state index < -0.39 is 0 Å². The molecule has 2 heterocycles. The van der Waals surface area contributed by atoms with E-state index in [1.165, 1.54) is 12.8 Å². The van der Waals surface area contributed by atoms with Crippen LogP contribution in [-0.2, 0) is 0 Å². The molecule has 0 spiro atoms. The second-order valence-corrected chi connectivity index (χ2v) is 4.37. The minimum Gasteiger partial charge on any atom is -0.307 e. The molecule has 2 aromatic rings. The average Bonchev–Trinajstić information content (AvgIpc) is 2.90. The molecule has 0 amide bonds. The molecule has 0 saturated carbocycles. The van der Waals surface area contributed by atoms with Crippen molar-refractivity contribution in [3.63, 3.8) is 0 Å². The number of rotatable bonds is 2. The highest BCUT2D eigenvalue weighted by Gasteiger charge is 2.20. The van der Waals surface area contributed by atoms with Crippen molar-refractivity contribution in [3.05, 3.63) is 42.5 Å². The van der Waals surface area contributed by atoms with Crippen molar-refractivity contribution in [2.75, 3.05) is 6.54 Å². The molecule has 3 rings (SSSR count).